The molecule has 1 saturated heterocycles. The summed E-state index contributed by atoms with van der Waals surface area (Å²) in [6, 6.07) is 0. The first-order valence-corrected chi connectivity index (χ1v) is 8.13. The van der Waals surface area contributed by atoms with E-state index in [9.17, 15) is 4.79 Å². The lowest BCUT2D eigenvalue weighted by atomic mass is 9.84. The minimum absolute atomic E-state index is 0.181. The smallest absolute Gasteiger partial charge is 0.333 e. The van der Waals surface area contributed by atoms with Gasteiger partial charge in [0.25, 0.3) is 0 Å². The molecule has 3 heteroatoms. The van der Waals surface area contributed by atoms with E-state index in [1.165, 1.54) is 13.2 Å². The molecular formula is C18H30O3. The van der Waals surface area contributed by atoms with E-state index in [4.69, 9.17) is 9.47 Å². The van der Waals surface area contributed by atoms with Gasteiger partial charge in [-0.05, 0) is 44.9 Å². The first-order valence-electron chi connectivity index (χ1n) is 8.13. The predicted octanol–water partition coefficient (Wildman–Crippen LogP) is 4.63. The Bertz CT molecular complexity index is 397. The Hall–Kier alpha value is -1.25. The summed E-state index contributed by atoms with van der Waals surface area (Å²) in [4.78, 5) is 11.5. The SMILES string of the molecule is CCC=CC(CC)CC1(C)CC(CC)C(=CC(=O)OC)O1. The molecule has 0 radical (unpaired) electrons. The van der Waals surface area contributed by atoms with E-state index in [1.807, 2.05) is 0 Å². The van der Waals surface area contributed by atoms with E-state index in [-0.39, 0.29) is 11.6 Å². The van der Waals surface area contributed by atoms with Crippen LogP contribution in [0.2, 0.25) is 0 Å². The van der Waals surface area contributed by atoms with Crippen LogP contribution in [0.4, 0.5) is 0 Å². The summed E-state index contributed by atoms with van der Waals surface area (Å²) < 4.78 is 10.9. The van der Waals surface area contributed by atoms with Gasteiger partial charge >= 0.3 is 5.97 Å². The van der Waals surface area contributed by atoms with Crippen LogP contribution in [0.25, 0.3) is 0 Å². The van der Waals surface area contributed by atoms with Gasteiger partial charge < -0.3 is 9.47 Å². The van der Waals surface area contributed by atoms with Crippen LogP contribution in [0, 0.1) is 11.8 Å². The van der Waals surface area contributed by atoms with Gasteiger partial charge in [-0.1, -0.05) is 32.9 Å². The number of methoxy groups -OCH3 is 1. The summed E-state index contributed by atoms with van der Waals surface area (Å²) in [5.41, 5.74) is -0.181. The van der Waals surface area contributed by atoms with Gasteiger partial charge in [-0.2, -0.15) is 0 Å². The average Bonchev–Trinajstić information content (AvgIpc) is 2.79. The van der Waals surface area contributed by atoms with E-state index < -0.39 is 0 Å². The van der Waals surface area contributed by atoms with Gasteiger partial charge in [0.1, 0.15) is 11.4 Å². The molecule has 3 unspecified atom stereocenters. The minimum Gasteiger partial charge on any atom is -0.491 e. The maximum Gasteiger partial charge on any atom is 0.333 e. The molecule has 0 saturated carbocycles. The fraction of sp³-hybridized carbons (Fsp3) is 0.722. The van der Waals surface area contributed by atoms with Crippen molar-refractivity contribution >= 4 is 5.97 Å². The first kappa shape index (κ1) is 17.8. The Morgan fingerprint density at radius 1 is 1.48 bits per heavy atom. The third kappa shape index (κ3) is 5.22. The second-order valence-corrected chi connectivity index (χ2v) is 6.14. The molecule has 0 bridgehead atoms. The van der Waals surface area contributed by atoms with Gasteiger partial charge in [-0.3, -0.25) is 0 Å². The van der Waals surface area contributed by atoms with E-state index >= 15 is 0 Å². The summed E-state index contributed by atoms with van der Waals surface area (Å²) in [5, 5.41) is 0. The second kappa shape index (κ2) is 8.26. The molecule has 0 spiro atoms. The van der Waals surface area contributed by atoms with Crippen molar-refractivity contribution in [3.8, 4) is 0 Å². The third-order valence-corrected chi connectivity index (χ3v) is 4.26. The molecule has 0 amide bonds. The van der Waals surface area contributed by atoms with Crippen LogP contribution in [-0.2, 0) is 14.3 Å². The zero-order valence-corrected chi connectivity index (χ0v) is 14.1. The molecule has 0 aromatic heterocycles. The molecule has 3 atom stereocenters. The van der Waals surface area contributed by atoms with Gasteiger partial charge in [0, 0.05) is 5.92 Å². The molecular weight excluding hydrogens is 264 g/mol. The summed E-state index contributed by atoms with van der Waals surface area (Å²) in [6.07, 6.45) is 11.2. The monoisotopic (exact) mass is 294 g/mol. The van der Waals surface area contributed by atoms with Crippen molar-refractivity contribution in [2.45, 2.75) is 65.4 Å². The summed E-state index contributed by atoms with van der Waals surface area (Å²) in [7, 11) is 1.40. The molecule has 3 nitrogen and oxygen atoms in total. The molecule has 1 fully saturated rings. The van der Waals surface area contributed by atoms with Crippen LogP contribution in [0.3, 0.4) is 0 Å². The maximum atomic E-state index is 11.5. The number of allylic oxidation sites excluding steroid dienone is 3. The van der Waals surface area contributed by atoms with Crippen molar-refractivity contribution in [1.29, 1.82) is 0 Å². The number of carbonyl (C=O) groups is 1. The zero-order valence-electron chi connectivity index (χ0n) is 14.1. The van der Waals surface area contributed by atoms with Crippen molar-refractivity contribution in [1.82, 2.24) is 0 Å². The van der Waals surface area contributed by atoms with Crippen LogP contribution in [0.15, 0.2) is 24.0 Å². The number of ether oxygens (including phenoxy) is 2. The molecule has 0 aromatic rings. The molecule has 1 aliphatic heterocycles. The number of hydrogen-bond donors (Lipinski definition) is 0. The third-order valence-electron chi connectivity index (χ3n) is 4.26. The van der Waals surface area contributed by atoms with Crippen LogP contribution >= 0.6 is 0 Å². The molecule has 1 rings (SSSR count). The normalized spacial score (nSPS) is 28.8. The highest BCUT2D eigenvalue weighted by molar-refractivity contribution is 5.82. The first-order chi connectivity index (χ1) is 9.97. The van der Waals surface area contributed by atoms with Gasteiger partial charge in [0.05, 0.1) is 13.2 Å². The molecule has 1 heterocycles. The van der Waals surface area contributed by atoms with E-state index in [2.05, 4.69) is 39.8 Å². The fourth-order valence-corrected chi connectivity index (χ4v) is 3.06. The highest BCUT2D eigenvalue weighted by Crippen LogP contribution is 2.43. The lowest BCUT2D eigenvalue weighted by Crippen LogP contribution is -2.26. The van der Waals surface area contributed by atoms with Gasteiger partial charge in [-0.15, -0.1) is 0 Å². The fourth-order valence-electron chi connectivity index (χ4n) is 3.06. The number of rotatable bonds is 7. The van der Waals surface area contributed by atoms with Gasteiger partial charge in [0.15, 0.2) is 0 Å². The zero-order chi connectivity index (χ0) is 15.9. The summed E-state index contributed by atoms with van der Waals surface area (Å²) in [5.74, 6) is 1.32. The summed E-state index contributed by atoms with van der Waals surface area (Å²) in [6.45, 7) is 8.67. The number of carbonyl (C=O) groups excluding carboxylic acids is 1. The van der Waals surface area contributed by atoms with E-state index in [0.29, 0.717) is 11.8 Å². The molecule has 120 valence electrons. The lowest BCUT2D eigenvalue weighted by molar-refractivity contribution is -0.135. The molecule has 0 aromatic carbocycles. The van der Waals surface area contributed by atoms with Crippen molar-refractivity contribution in [2.24, 2.45) is 11.8 Å². The molecule has 0 N–H and O–H groups in total. The topological polar surface area (TPSA) is 35.5 Å². The summed E-state index contributed by atoms with van der Waals surface area (Å²) >= 11 is 0. The Morgan fingerprint density at radius 3 is 2.71 bits per heavy atom. The highest BCUT2D eigenvalue weighted by atomic mass is 16.5. The minimum atomic E-state index is -0.328. The molecule has 0 aliphatic carbocycles. The standard InChI is InChI=1S/C18H30O3/c1-6-9-10-14(7-2)12-18(4)13-15(8-3)16(21-18)11-17(19)20-5/h9-11,14-15H,6-8,12-13H2,1-5H3. The lowest BCUT2D eigenvalue weighted by Gasteiger charge is -2.27. The molecule has 1 aliphatic rings. The van der Waals surface area contributed by atoms with Crippen LogP contribution in [-0.4, -0.2) is 18.7 Å². The van der Waals surface area contributed by atoms with Gasteiger partial charge in [0.2, 0.25) is 0 Å². The Morgan fingerprint density at radius 2 is 2.19 bits per heavy atom. The maximum absolute atomic E-state index is 11.5. The Kier molecular flexibility index (Phi) is 7.00. The highest BCUT2D eigenvalue weighted by Gasteiger charge is 2.40. The Labute approximate surface area is 129 Å². The quantitative estimate of drug-likeness (QED) is 0.390. The van der Waals surface area contributed by atoms with Crippen molar-refractivity contribution in [3.63, 3.8) is 0 Å². The van der Waals surface area contributed by atoms with E-state index in [0.717, 1.165) is 37.9 Å². The van der Waals surface area contributed by atoms with E-state index in [1.54, 1.807) is 0 Å². The number of hydrogen-bond acceptors (Lipinski definition) is 3. The average molecular weight is 294 g/mol. The van der Waals surface area contributed by atoms with Crippen LogP contribution in [0.5, 0.6) is 0 Å². The van der Waals surface area contributed by atoms with Crippen LogP contribution in [0.1, 0.15) is 59.8 Å². The Balaban J connectivity index is 2.81. The largest absolute Gasteiger partial charge is 0.491 e. The van der Waals surface area contributed by atoms with Crippen molar-refractivity contribution in [2.75, 3.05) is 7.11 Å². The second-order valence-electron chi connectivity index (χ2n) is 6.14. The van der Waals surface area contributed by atoms with Crippen molar-refractivity contribution in [3.05, 3.63) is 24.0 Å². The van der Waals surface area contributed by atoms with Crippen LogP contribution < -0.4 is 0 Å². The van der Waals surface area contributed by atoms with Crippen molar-refractivity contribution < 1.29 is 14.3 Å². The number of esters is 1. The predicted molar refractivity (Wildman–Crippen MR) is 85.8 cm³/mol. The molecule has 21 heavy (non-hydrogen) atoms. The van der Waals surface area contributed by atoms with Gasteiger partial charge in [-0.25, -0.2) is 4.79 Å².